The highest BCUT2D eigenvalue weighted by Crippen LogP contribution is 2.18. The van der Waals surface area contributed by atoms with Crippen LogP contribution in [-0.2, 0) is 11.3 Å². The number of aryl methyl sites for hydroxylation is 2. The molecule has 8 heteroatoms. The van der Waals surface area contributed by atoms with Crippen molar-refractivity contribution in [3.05, 3.63) is 29.6 Å². The molecule has 0 aliphatic heterocycles. The van der Waals surface area contributed by atoms with Gasteiger partial charge in [-0.25, -0.2) is 4.98 Å². The van der Waals surface area contributed by atoms with Gasteiger partial charge in [-0.15, -0.1) is 28.1 Å². The van der Waals surface area contributed by atoms with E-state index >= 15 is 0 Å². The maximum absolute atomic E-state index is 11.8. The molecule has 6 nitrogen and oxygen atoms in total. The lowest BCUT2D eigenvalue weighted by atomic mass is 10.6. The van der Waals surface area contributed by atoms with Crippen LogP contribution in [0.5, 0.6) is 0 Å². The van der Waals surface area contributed by atoms with Crippen LogP contribution in [0.1, 0.15) is 11.5 Å². The highest BCUT2D eigenvalue weighted by molar-refractivity contribution is 7.99. The van der Waals surface area contributed by atoms with Gasteiger partial charge in [-0.05, 0) is 13.8 Å². The molecule has 1 amide bonds. The molecule has 0 fully saturated rings. The first-order valence-corrected chi connectivity index (χ1v) is 7.82. The number of hydrogen-bond acceptors (Lipinski definition) is 6. The van der Waals surface area contributed by atoms with E-state index in [1.54, 1.807) is 6.08 Å². The van der Waals surface area contributed by atoms with Gasteiger partial charge in [-0.2, -0.15) is 0 Å². The van der Waals surface area contributed by atoms with Crippen molar-refractivity contribution in [2.45, 2.75) is 25.5 Å². The first kappa shape index (κ1) is 14.7. The van der Waals surface area contributed by atoms with Crippen molar-refractivity contribution in [1.29, 1.82) is 0 Å². The summed E-state index contributed by atoms with van der Waals surface area (Å²) in [4.78, 5) is 16.0. The van der Waals surface area contributed by atoms with Gasteiger partial charge in [0, 0.05) is 11.9 Å². The van der Waals surface area contributed by atoms with Crippen LogP contribution >= 0.6 is 23.1 Å². The van der Waals surface area contributed by atoms with E-state index in [2.05, 4.69) is 27.1 Å². The Balaban J connectivity index is 1.91. The number of rotatable bonds is 6. The first-order valence-electron chi connectivity index (χ1n) is 5.95. The fourth-order valence-electron chi connectivity index (χ4n) is 1.50. The number of nitrogens with one attached hydrogen (secondary N) is 1. The molecule has 2 aromatic rings. The van der Waals surface area contributed by atoms with E-state index < -0.39 is 0 Å². The van der Waals surface area contributed by atoms with E-state index in [-0.39, 0.29) is 11.7 Å². The Hall–Kier alpha value is -1.67. The number of carbonyl (C=O) groups is 1. The number of allylic oxidation sites excluding steroid dienone is 1. The Morgan fingerprint density at radius 2 is 2.35 bits per heavy atom. The standard InChI is InChI=1S/C12H15N5OS2/c1-4-5-17-9(3)15-16-12(17)20-7-10(18)14-11-13-8(2)6-19-11/h4,6H,1,5,7H2,2-3H3,(H,13,14,18). The van der Waals surface area contributed by atoms with E-state index in [1.807, 2.05) is 23.8 Å². The Kier molecular flexibility index (Phi) is 4.91. The normalized spacial score (nSPS) is 10.5. The van der Waals surface area contributed by atoms with Crippen LogP contribution in [0.2, 0.25) is 0 Å². The van der Waals surface area contributed by atoms with Crippen molar-refractivity contribution in [2.75, 3.05) is 11.1 Å². The van der Waals surface area contributed by atoms with Crippen LogP contribution in [0.4, 0.5) is 5.13 Å². The van der Waals surface area contributed by atoms with E-state index in [9.17, 15) is 4.79 Å². The molecule has 0 aromatic carbocycles. The molecule has 0 radical (unpaired) electrons. The zero-order valence-corrected chi connectivity index (χ0v) is 12.9. The zero-order valence-electron chi connectivity index (χ0n) is 11.3. The third-order valence-electron chi connectivity index (χ3n) is 2.41. The number of aromatic nitrogens is 4. The Bertz CT molecular complexity index is 619. The van der Waals surface area contributed by atoms with Crippen molar-refractivity contribution < 1.29 is 4.79 Å². The van der Waals surface area contributed by atoms with Gasteiger partial charge in [0.25, 0.3) is 0 Å². The van der Waals surface area contributed by atoms with Gasteiger partial charge < -0.3 is 9.88 Å². The van der Waals surface area contributed by atoms with Gasteiger partial charge in [0.1, 0.15) is 5.82 Å². The SMILES string of the molecule is C=CCn1c(C)nnc1SCC(=O)Nc1nc(C)cs1. The van der Waals surface area contributed by atoms with Gasteiger partial charge in [-0.1, -0.05) is 17.8 Å². The van der Waals surface area contributed by atoms with Crippen LogP contribution in [0.3, 0.4) is 0 Å². The zero-order chi connectivity index (χ0) is 14.5. The highest BCUT2D eigenvalue weighted by atomic mass is 32.2. The van der Waals surface area contributed by atoms with Crippen LogP contribution in [0, 0.1) is 13.8 Å². The number of hydrogen-bond donors (Lipinski definition) is 1. The third kappa shape index (κ3) is 3.67. The second kappa shape index (κ2) is 6.67. The van der Waals surface area contributed by atoms with Crippen molar-refractivity contribution in [3.63, 3.8) is 0 Å². The van der Waals surface area contributed by atoms with Crippen LogP contribution < -0.4 is 5.32 Å². The number of nitrogens with zero attached hydrogens (tertiary/aromatic N) is 4. The summed E-state index contributed by atoms with van der Waals surface area (Å²) in [6.07, 6.45) is 1.78. The summed E-state index contributed by atoms with van der Waals surface area (Å²) in [6.45, 7) is 8.10. The Labute approximate surface area is 125 Å². The Morgan fingerprint density at radius 1 is 1.55 bits per heavy atom. The summed E-state index contributed by atoms with van der Waals surface area (Å²) in [5.74, 6) is 0.979. The van der Waals surface area contributed by atoms with Gasteiger partial charge >= 0.3 is 0 Å². The minimum Gasteiger partial charge on any atom is -0.302 e. The third-order valence-corrected chi connectivity index (χ3v) is 4.25. The number of thioether (sulfide) groups is 1. The first-order chi connectivity index (χ1) is 9.60. The molecule has 20 heavy (non-hydrogen) atoms. The predicted molar refractivity (Wildman–Crippen MR) is 81.2 cm³/mol. The summed E-state index contributed by atoms with van der Waals surface area (Å²) >= 11 is 2.76. The van der Waals surface area contributed by atoms with Gasteiger partial charge in [0.2, 0.25) is 5.91 Å². The monoisotopic (exact) mass is 309 g/mol. The molecular formula is C12H15N5OS2. The largest absolute Gasteiger partial charge is 0.302 e. The predicted octanol–water partition coefficient (Wildman–Crippen LogP) is 2.27. The molecule has 0 saturated heterocycles. The number of anilines is 1. The van der Waals surface area contributed by atoms with Crippen molar-refractivity contribution in [2.24, 2.45) is 0 Å². The number of carbonyl (C=O) groups excluding carboxylic acids is 1. The van der Waals surface area contributed by atoms with Crippen LogP contribution in [-0.4, -0.2) is 31.4 Å². The molecular weight excluding hydrogens is 294 g/mol. The summed E-state index contributed by atoms with van der Waals surface area (Å²) in [5.41, 5.74) is 0.902. The molecule has 0 unspecified atom stereocenters. The lowest BCUT2D eigenvalue weighted by Gasteiger charge is -2.05. The van der Waals surface area contributed by atoms with Gasteiger partial charge in [-0.3, -0.25) is 4.79 Å². The summed E-state index contributed by atoms with van der Waals surface area (Å²) in [7, 11) is 0. The lowest BCUT2D eigenvalue weighted by molar-refractivity contribution is -0.113. The minimum absolute atomic E-state index is 0.102. The smallest absolute Gasteiger partial charge is 0.236 e. The summed E-state index contributed by atoms with van der Waals surface area (Å²) < 4.78 is 1.92. The molecule has 0 atom stereocenters. The molecule has 2 aromatic heterocycles. The fourth-order valence-corrected chi connectivity index (χ4v) is 3.00. The number of amides is 1. The minimum atomic E-state index is -0.102. The highest BCUT2D eigenvalue weighted by Gasteiger charge is 2.11. The van der Waals surface area contributed by atoms with Crippen molar-refractivity contribution in [1.82, 2.24) is 19.7 Å². The molecule has 2 heterocycles. The molecule has 0 saturated carbocycles. The topological polar surface area (TPSA) is 72.7 Å². The molecule has 2 rings (SSSR count). The quantitative estimate of drug-likeness (QED) is 0.654. The fraction of sp³-hybridized carbons (Fsp3) is 0.333. The van der Waals surface area contributed by atoms with Crippen LogP contribution in [0.15, 0.2) is 23.2 Å². The summed E-state index contributed by atoms with van der Waals surface area (Å²) in [5, 5.41) is 14.1. The van der Waals surface area contributed by atoms with Crippen molar-refractivity contribution >= 4 is 34.1 Å². The Morgan fingerprint density at radius 3 is 3.00 bits per heavy atom. The van der Waals surface area contributed by atoms with E-state index in [0.29, 0.717) is 16.8 Å². The molecule has 0 bridgehead atoms. The summed E-state index contributed by atoms with van der Waals surface area (Å²) in [6, 6.07) is 0. The molecule has 0 spiro atoms. The molecule has 0 aliphatic rings. The van der Waals surface area contributed by atoms with Crippen LogP contribution in [0.25, 0.3) is 0 Å². The second-order valence-electron chi connectivity index (χ2n) is 4.06. The lowest BCUT2D eigenvalue weighted by Crippen LogP contribution is -2.14. The van der Waals surface area contributed by atoms with E-state index in [1.165, 1.54) is 23.1 Å². The maximum Gasteiger partial charge on any atom is 0.236 e. The van der Waals surface area contributed by atoms with E-state index in [0.717, 1.165) is 11.5 Å². The number of thiazole rings is 1. The maximum atomic E-state index is 11.8. The van der Waals surface area contributed by atoms with Gasteiger partial charge in [0.05, 0.1) is 11.4 Å². The molecule has 1 N–H and O–H groups in total. The van der Waals surface area contributed by atoms with E-state index in [4.69, 9.17) is 0 Å². The average Bonchev–Trinajstić information content (AvgIpc) is 2.96. The molecule has 0 aliphatic carbocycles. The van der Waals surface area contributed by atoms with Gasteiger partial charge in [0.15, 0.2) is 10.3 Å². The molecule has 106 valence electrons. The average molecular weight is 309 g/mol. The second-order valence-corrected chi connectivity index (χ2v) is 5.86. The van der Waals surface area contributed by atoms with Crippen molar-refractivity contribution in [3.8, 4) is 0 Å².